The van der Waals surface area contributed by atoms with Crippen molar-refractivity contribution in [3.05, 3.63) is 36.2 Å². The number of nitrogen functional groups attached to an aromatic ring is 1. The second-order valence-corrected chi connectivity index (χ2v) is 4.35. The second kappa shape index (κ2) is 4.13. The maximum absolute atomic E-state index is 13.4. The van der Waals surface area contributed by atoms with E-state index in [0.29, 0.717) is 4.90 Å². The molecule has 0 atom stereocenters. The van der Waals surface area contributed by atoms with E-state index >= 15 is 0 Å². The van der Waals surface area contributed by atoms with E-state index in [1.54, 1.807) is 24.1 Å². The molecule has 0 unspecified atom stereocenters. The number of anilines is 1. The van der Waals surface area contributed by atoms with E-state index in [2.05, 4.69) is 5.10 Å². The van der Waals surface area contributed by atoms with Crippen molar-refractivity contribution in [2.75, 3.05) is 5.73 Å². The van der Waals surface area contributed by atoms with Gasteiger partial charge in [0, 0.05) is 18.9 Å². The lowest BCUT2D eigenvalue weighted by atomic mass is 10.3. The molecule has 1 aromatic carbocycles. The normalized spacial score (nSPS) is 10.7. The van der Waals surface area contributed by atoms with Gasteiger partial charge in [-0.05, 0) is 12.1 Å². The van der Waals surface area contributed by atoms with Crippen molar-refractivity contribution in [3.63, 3.8) is 0 Å². The van der Waals surface area contributed by atoms with Crippen LogP contribution < -0.4 is 5.73 Å². The van der Waals surface area contributed by atoms with Crippen LogP contribution in [-0.4, -0.2) is 9.78 Å². The van der Waals surface area contributed by atoms with E-state index in [1.807, 2.05) is 0 Å². The molecule has 0 aliphatic heterocycles. The van der Waals surface area contributed by atoms with Gasteiger partial charge in [0.2, 0.25) is 0 Å². The van der Waals surface area contributed by atoms with Gasteiger partial charge in [0.25, 0.3) is 0 Å². The van der Waals surface area contributed by atoms with Gasteiger partial charge in [0.1, 0.15) is 11.6 Å². The minimum absolute atomic E-state index is 0.0674. The Kier molecular flexibility index (Phi) is 2.82. The SMILES string of the molecule is Cn1cc(Sc2c(F)cc(N)cc2F)cn1. The summed E-state index contributed by atoms with van der Waals surface area (Å²) in [6.45, 7) is 0. The van der Waals surface area contributed by atoms with Gasteiger partial charge in [0.05, 0.1) is 16.0 Å². The smallest absolute Gasteiger partial charge is 0.142 e. The van der Waals surface area contributed by atoms with Crippen molar-refractivity contribution in [2.45, 2.75) is 9.79 Å². The third-order valence-electron chi connectivity index (χ3n) is 1.92. The zero-order valence-corrected chi connectivity index (χ0v) is 9.26. The van der Waals surface area contributed by atoms with Crippen LogP contribution in [0.2, 0.25) is 0 Å². The first-order valence-electron chi connectivity index (χ1n) is 4.47. The summed E-state index contributed by atoms with van der Waals surface area (Å²) in [6, 6.07) is 2.20. The first-order chi connectivity index (χ1) is 7.56. The Morgan fingerprint density at radius 1 is 1.31 bits per heavy atom. The summed E-state index contributed by atoms with van der Waals surface area (Å²) in [5.74, 6) is -1.32. The molecule has 1 heterocycles. The maximum Gasteiger partial charge on any atom is 0.142 e. The van der Waals surface area contributed by atoms with Gasteiger partial charge in [-0.2, -0.15) is 5.10 Å². The van der Waals surface area contributed by atoms with E-state index in [4.69, 9.17) is 5.73 Å². The monoisotopic (exact) mass is 241 g/mol. The summed E-state index contributed by atoms with van der Waals surface area (Å²) in [5, 5.41) is 3.92. The van der Waals surface area contributed by atoms with Crippen LogP contribution in [0.15, 0.2) is 34.3 Å². The Labute approximate surface area is 95.3 Å². The Morgan fingerprint density at radius 2 is 1.94 bits per heavy atom. The summed E-state index contributed by atoms with van der Waals surface area (Å²) >= 11 is 0.981. The molecule has 2 rings (SSSR count). The quantitative estimate of drug-likeness (QED) is 0.821. The molecule has 3 nitrogen and oxygen atoms in total. The molecule has 0 radical (unpaired) electrons. The Bertz CT molecular complexity index is 502. The molecule has 0 aliphatic carbocycles. The van der Waals surface area contributed by atoms with Crippen LogP contribution in [0.5, 0.6) is 0 Å². The minimum atomic E-state index is -0.661. The first-order valence-corrected chi connectivity index (χ1v) is 5.29. The molecule has 0 saturated carbocycles. The van der Waals surface area contributed by atoms with Crippen molar-refractivity contribution in [2.24, 2.45) is 7.05 Å². The molecular formula is C10H9F2N3S. The average Bonchev–Trinajstić information content (AvgIpc) is 2.58. The maximum atomic E-state index is 13.4. The molecule has 0 amide bonds. The van der Waals surface area contributed by atoms with Gasteiger partial charge >= 0.3 is 0 Å². The fraction of sp³-hybridized carbons (Fsp3) is 0.100. The van der Waals surface area contributed by atoms with Gasteiger partial charge in [-0.3, -0.25) is 4.68 Å². The third-order valence-corrected chi connectivity index (χ3v) is 2.96. The molecule has 2 N–H and O–H groups in total. The number of aromatic nitrogens is 2. The van der Waals surface area contributed by atoms with Crippen molar-refractivity contribution in [1.29, 1.82) is 0 Å². The number of nitrogens with zero attached hydrogens (tertiary/aromatic N) is 2. The molecule has 16 heavy (non-hydrogen) atoms. The summed E-state index contributed by atoms with van der Waals surface area (Å²) < 4.78 is 28.4. The highest BCUT2D eigenvalue weighted by atomic mass is 32.2. The molecule has 0 aliphatic rings. The lowest BCUT2D eigenvalue weighted by Crippen LogP contribution is -1.92. The van der Waals surface area contributed by atoms with E-state index in [9.17, 15) is 8.78 Å². The van der Waals surface area contributed by atoms with Crippen LogP contribution in [0.3, 0.4) is 0 Å². The number of aryl methyl sites for hydroxylation is 1. The Hall–Kier alpha value is -1.56. The van der Waals surface area contributed by atoms with Crippen LogP contribution in [0.1, 0.15) is 0 Å². The van der Waals surface area contributed by atoms with Gasteiger partial charge in [0.15, 0.2) is 0 Å². The molecule has 0 spiro atoms. The van der Waals surface area contributed by atoms with Crippen LogP contribution in [-0.2, 0) is 7.05 Å². The molecular weight excluding hydrogens is 232 g/mol. The topological polar surface area (TPSA) is 43.8 Å². The number of rotatable bonds is 2. The molecule has 0 fully saturated rings. The fourth-order valence-electron chi connectivity index (χ4n) is 1.25. The van der Waals surface area contributed by atoms with Crippen molar-refractivity contribution in [1.82, 2.24) is 9.78 Å². The largest absolute Gasteiger partial charge is 0.399 e. The van der Waals surface area contributed by atoms with Crippen LogP contribution in [0.4, 0.5) is 14.5 Å². The Morgan fingerprint density at radius 3 is 2.44 bits per heavy atom. The number of halogens is 2. The second-order valence-electron chi connectivity index (χ2n) is 3.27. The molecule has 84 valence electrons. The lowest BCUT2D eigenvalue weighted by molar-refractivity contribution is 0.542. The van der Waals surface area contributed by atoms with Gasteiger partial charge in [-0.1, -0.05) is 11.8 Å². The predicted octanol–water partition coefficient (Wildman–Crippen LogP) is 2.43. The number of hydrogen-bond acceptors (Lipinski definition) is 3. The average molecular weight is 241 g/mol. The zero-order chi connectivity index (χ0) is 11.7. The predicted molar refractivity (Wildman–Crippen MR) is 58.1 cm³/mol. The van der Waals surface area contributed by atoms with E-state index in [-0.39, 0.29) is 10.6 Å². The van der Waals surface area contributed by atoms with E-state index in [1.165, 1.54) is 0 Å². The molecule has 6 heteroatoms. The van der Waals surface area contributed by atoms with Crippen molar-refractivity contribution in [3.8, 4) is 0 Å². The summed E-state index contributed by atoms with van der Waals surface area (Å²) in [7, 11) is 1.74. The number of benzene rings is 1. The highest BCUT2D eigenvalue weighted by Crippen LogP contribution is 2.32. The number of nitrogens with two attached hydrogens (primary N) is 1. The van der Waals surface area contributed by atoms with Crippen molar-refractivity contribution < 1.29 is 8.78 Å². The van der Waals surface area contributed by atoms with Gasteiger partial charge in [-0.15, -0.1) is 0 Å². The number of hydrogen-bond donors (Lipinski definition) is 1. The highest BCUT2D eigenvalue weighted by Gasteiger charge is 2.12. The van der Waals surface area contributed by atoms with Crippen LogP contribution in [0.25, 0.3) is 0 Å². The lowest BCUT2D eigenvalue weighted by Gasteiger charge is -2.03. The molecule has 2 aromatic rings. The first kappa shape index (κ1) is 10.9. The van der Waals surface area contributed by atoms with Gasteiger partial charge < -0.3 is 5.73 Å². The summed E-state index contributed by atoms with van der Waals surface area (Å²) in [4.78, 5) is 0.604. The van der Waals surface area contributed by atoms with E-state index < -0.39 is 11.6 Å². The van der Waals surface area contributed by atoms with Crippen LogP contribution >= 0.6 is 11.8 Å². The summed E-state index contributed by atoms with van der Waals surface area (Å²) in [6.07, 6.45) is 3.22. The zero-order valence-electron chi connectivity index (χ0n) is 8.45. The molecule has 0 saturated heterocycles. The van der Waals surface area contributed by atoms with Gasteiger partial charge in [-0.25, -0.2) is 8.78 Å². The highest BCUT2D eigenvalue weighted by molar-refractivity contribution is 7.99. The third kappa shape index (κ3) is 2.16. The fourth-order valence-corrected chi connectivity index (χ4v) is 2.10. The van der Waals surface area contributed by atoms with E-state index in [0.717, 1.165) is 23.9 Å². The van der Waals surface area contributed by atoms with Crippen LogP contribution in [0, 0.1) is 11.6 Å². The molecule has 0 bridgehead atoms. The van der Waals surface area contributed by atoms with Crippen molar-refractivity contribution >= 4 is 17.4 Å². The summed E-state index contributed by atoms with van der Waals surface area (Å²) in [5.41, 5.74) is 5.39. The minimum Gasteiger partial charge on any atom is -0.399 e. The standard InChI is InChI=1S/C10H9F2N3S/c1-15-5-7(4-14-15)16-10-8(11)2-6(13)3-9(10)12/h2-5H,13H2,1H3. The Balaban J connectivity index is 2.34. The molecule has 1 aromatic heterocycles.